The second-order valence-electron chi connectivity index (χ2n) is 11.1. The molecule has 0 spiro atoms. The maximum Gasteiger partial charge on any atom is 0.416 e. The molecule has 0 bridgehead atoms. The summed E-state index contributed by atoms with van der Waals surface area (Å²) in [6.45, 7) is 4.24. The Balaban J connectivity index is 1.45. The Bertz CT molecular complexity index is 1640. The van der Waals surface area contributed by atoms with E-state index in [1.54, 1.807) is 24.3 Å². The molecule has 0 aliphatic carbocycles. The molecule has 5 rings (SSSR count). The van der Waals surface area contributed by atoms with Crippen molar-refractivity contribution in [3.63, 3.8) is 0 Å². The monoisotopic (exact) mass is 603 g/mol. The lowest BCUT2D eigenvalue weighted by molar-refractivity contribution is -0.207. The maximum atomic E-state index is 13.5. The highest BCUT2D eigenvalue weighted by atomic mass is 35.5. The molecule has 2 aromatic carbocycles. The van der Waals surface area contributed by atoms with Gasteiger partial charge in [0.15, 0.2) is 17.8 Å². The van der Waals surface area contributed by atoms with Gasteiger partial charge in [0.25, 0.3) is 5.91 Å². The van der Waals surface area contributed by atoms with Crippen LogP contribution in [0.5, 0.6) is 0 Å². The number of aromatic nitrogens is 6. The summed E-state index contributed by atoms with van der Waals surface area (Å²) >= 11 is 5.94. The minimum Gasteiger partial charge on any atom is -0.382 e. The van der Waals surface area contributed by atoms with Gasteiger partial charge in [-0.15, -0.1) is 10.2 Å². The number of halogens is 4. The second-order valence-corrected chi connectivity index (χ2v) is 11.5. The van der Waals surface area contributed by atoms with E-state index in [2.05, 4.69) is 29.0 Å². The van der Waals surface area contributed by atoms with Crippen LogP contribution in [0, 0.1) is 5.41 Å². The lowest BCUT2D eigenvalue weighted by atomic mass is 9.84. The first-order chi connectivity index (χ1) is 19.8. The normalized spacial score (nSPS) is 16.0. The molecule has 4 aromatic rings. The fraction of sp³-hybridized carbons (Fsp3) is 0.393. The van der Waals surface area contributed by atoms with E-state index in [9.17, 15) is 27.9 Å². The molecule has 1 aliphatic heterocycles. The number of carbonyl (C=O) groups excluding carboxylic acids is 1. The van der Waals surface area contributed by atoms with Crippen molar-refractivity contribution in [2.75, 3.05) is 13.1 Å². The van der Waals surface area contributed by atoms with Gasteiger partial charge in [0, 0.05) is 23.7 Å². The highest BCUT2D eigenvalue weighted by molar-refractivity contribution is 6.30. The fourth-order valence-electron chi connectivity index (χ4n) is 5.04. The van der Waals surface area contributed by atoms with Gasteiger partial charge in [-0.3, -0.25) is 9.36 Å². The van der Waals surface area contributed by atoms with Gasteiger partial charge < -0.3 is 10.0 Å². The number of amides is 1. The number of piperidine rings is 1. The van der Waals surface area contributed by atoms with E-state index >= 15 is 0 Å². The lowest BCUT2D eigenvalue weighted by Gasteiger charge is -2.38. The molecule has 1 aliphatic rings. The molecule has 1 amide bonds. The van der Waals surface area contributed by atoms with Crippen LogP contribution in [0.15, 0.2) is 59.7 Å². The zero-order valence-corrected chi connectivity index (χ0v) is 23.7. The van der Waals surface area contributed by atoms with Crippen molar-refractivity contribution >= 4 is 17.5 Å². The van der Waals surface area contributed by atoms with Crippen LogP contribution in [0.25, 0.3) is 17.1 Å². The number of benzene rings is 2. The van der Waals surface area contributed by atoms with Crippen LogP contribution in [-0.2, 0) is 13.1 Å². The summed E-state index contributed by atoms with van der Waals surface area (Å²) < 4.78 is 42.6. The number of nitrogens with zero attached hydrogens (tertiary/aromatic N) is 7. The van der Waals surface area contributed by atoms with Crippen molar-refractivity contribution in [2.24, 2.45) is 5.41 Å². The van der Waals surface area contributed by atoms with E-state index in [1.165, 1.54) is 35.3 Å². The number of carbonyl (C=O) groups is 1. The molecule has 1 fully saturated rings. The minimum absolute atomic E-state index is 0.0148. The van der Waals surface area contributed by atoms with Gasteiger partial charge in [-0.2, -0.15) is 13.2 Å². The molecule has 42 heavy (non-hydrogen) atoms. The number of hydrogen-bond donors (Lipinski definition) is 1. The van der Waals surface area contributed by atoms with Crippen LogP contribution in [0.3, 0.4) is 0 Å². The van der Waals surface area contributed by atoms with Crippen LogP contribution in [0.1, 0.15) is 42.9 Å². The molecule has 222 valence electrons. The first-order valence-corrected chi connectivity index (χ1v) is 13.7. The van der Waals surface area contributed by atoms with Crippen LogP contribution >= 0.6 is 11.6 Å². The summed E-state index contributed by atoms with van der Waals surface area (Å²) in [7, 11) is 0. The summed E-state index contributed by atoms with van der Waals surface area (Å²) in [6.07, 6.45) is -4.37. The smallest absolute Gasteiger partial charge is 0.382 e. The van der Waals surface area contributed by atoms with E-state index in [0.717, 1.165) is 22.1 Å². The molecule has 2 aromatic heterocycles. The van der Waals surface area contributed by atoms with E-state index < -0.39 is 24.5 Å². The van der Waals surface area contributed by atoms with Crippen molar-refractivity contribution < 1.29 is 23.1 Å². The minimum atomic E-state index is -4.94. The van der Waals surface area contributed by atoms with Crippen LogP contribution in [0.2, 0.25) is 5.02 Å². The van der Waals surface area contributed by atoms with Gasteiger partial charge >= 0.3 is 11.9 Å². The van der Waals surface area contributed by atoms with Crippen molar-refractivity contribution in [2.45, 2.75) is 52.1 Å². The number of rotatable bonds is 7. The molecule has 1 saturated heterocycles. The van der Waals surface area contributed by atoms with Crippen LogP contribution in [-0.4, -0.2) is 70.4 Å². The molecule has 1 N–H and O–H groups in total. The molecule has 14 heteroatoms. The first-order valence-electron chi connectivity index (χ1n) is 13.3. The Morgan fingerprint density at radius 3 is 2.52 bits per heavy atom. The molecule has 3 heterocycles. The second kappa shape index (κ2) is 11.4. The zero-order chi connectivity index (χ0) is 30.2. The number of alkyl halides is 3. The molecule has 1 atom stereocenters. The largest absolute Gasteiger partial charge is 0.416 e. The van der Waals surface area contributed by atoms with Gasteiger partial charge in [0.05, 0.1) is 17.8 Å². The van der Waals surface area contributed by atoms with Gasteiger partial charge in [0.2, 0.25) is 0 Å². The average molecular weight is 604 g/mol. The lowest BCUT2D eigenvalue weighted by Crippen LogP contribution is -2.43. The predicted molar refractivity (Wildman–Crippen MR) is 148 cm³/mol. The summed E-state index contributed by atoms with van der Waals surface area (Å²) in [5.74, 6) is -0.0665. The first kappa shape index (κ1) is 29.5. The zero-order valence-electron chi connectivity index (χ0n) is 22.9. The Morgan fingerprint density at radius 2 is 1.83 bits per heavy atom. The Morgan fingerprint density at radius 1 is 1.12 bits per heavy atom. The topological polar surface area (TPSA) is 111 Å². The highest BCUT2D eigenvalue weighted by Gasteiger charge is 2.39. The summed E-state index contributed by atoms with van der Waals surface area (Å²) in [5, 5.41) is 18.8. The number of para-hydroxylation sites is 1. The third-order valence-corrected chi connectivity index (χ3v) is 7.41. The third-order valence-electron chi connectivity index (χ3n) is 7.16. The fourth-order valence-corrected chi connectivity index (χ4v) is 5.16. The number of hydrogen-bond acceptors (Lipinski definition) is 6. The van der Waals surface area contributed by atoms with Crippen molar-refractivity contribution in [3.05, 3.63) is 81.8 Å². The molecule has 0 radical (unpaired) electrons. The predicted octanol–water partition coefficient (Wildman–Crippen LogP) is 4.18. The molecular formula is C28H29ClF3N7O3. The van der Waals surface area contributed by atoms with Gasteiger partial charge in [-0.1, -0.05) is 37.6 Å². The molecule has 0 unspecified atom stereocenters. The van der Waals surface area contributed by atoms with Crippen LogP contribution in [0.4, 0.5) is 13.2 Å². The maximum absolute atomic E-state index is 13.5. The van der Waals surface area contributed by atoms with E-state index in [1.807, 2.05) is 4.90 Å². The van der Waals surface area contributed by atoms with Crippen molar-refractivity contribution in [1.29, 1.82) is 0 Å². The number of aliphatic hydroxyl groups is 1. The van der Waals surface area contributed by atoms with Crippen LogP contribution < -0.4 is 5.69 Å². The van der Waals surface area contributed by atoms with Gasteiger partial charge in [0.1, 0.15) is 12.9 Å². The Labute approximate surface area is 244 Å². The van der Waals surface area contributed by atoms with Gasteiger partial charge in [-0.25, -0.2) is 19.1 Å². The van der Waals surface area contributed by atoms with Crippen molar-refractivity contribution in [1.82, 2.24) is 34.0 Å². The Kier molecular flexibility index (Phi) is 7.99. The molecular weight excluding hydrogens is 575 g/mol. The summed E-state index contributed by atoms with van der Waals surface area (Å²) in [6, 6.07) is 13.0. The molecule has 0 saturated carbocycles. The van der Waals surface area contributed by atoms with E-state index in [4.69, 9.17) is 11.6 Å². The van der Waals surface area contributed by atoms with E-state index in [0.29, 0.717) is 34.9 Å². The average Bonchev–Trinajstić information content (AvgIpc) is 3.52. The Hall–Kier alpha value is -3.97. The highest BCUT2D eigenvalue weighted by Crippen LogP contribution is 2.30. The summed E-state index contributed by atoms with van der Waals surface area (Å²) in [4.78, 5) is 32.8. The SMILES string of the molecule is CC1(C)CCCN(C(=O)c2ccccc2-n2cnc(Cn3nc(-c4ccc(Cl)cc4)n(C[C@H](O)C(F)(F)F)c3=O)n2)C1. The molecule has 10 nitrogen and oxygen atoms in total. The van der Waals surface area contributed by atoms with Gasteiger partial charge in [-0.05, 0) is 54.7 Å². The van der Waals surface area contributed by atoms with Crippen molar-refractivity contribution in [3.8, 4) is 17.1 Å². The standard InChI is InChI=1S/C28H29ClF3N7O3/c1-27(2)12-5-13-36(16-27)25(41)20-6-3-4-7-21(20)39-17-33-23(34-39)15-38-26(42)37(14-22(40)28(30,31)32)24(35-38)18-8-10-19(29)11-9-18/h3-4,6-11,17,22,40H,5,12-16H2,1-2H3/t22-/m0/s1. The number of likely N-dealkylation sites (tertiary alicyclic amines) is 1. The quantitative estimate of drug-likeness (QED) is 0.339. The summed E-state index contributed by atoms with van der Waals surface area (Å²) in [5.41, 5.74) is 0.400. The number of aliphatic hydroxyl groups excluding tert-OH is 1. The third kappa shape index (κ3) is 6.26. The van der Waals surface area contributed by atoms with E-state index in [-0.39, 0.29) is 29.5 Å².